The van der Waals surface area contributed by atoms with Crippen molar-refractivity contribution >= 4 is 11.6 Å². The van der Waals surface area contributed by atoms with Gasteiger partial charge in [0.15, 0.2) is 11.6 Å². The minimum Gasteiger partial charge on any atom is -0.384 e. The van der Waals surface area contributed by atoms with Gasteiger partial charge in [-0.1, -0.05) is 19.6 Å². The molecule has 0 saturated heterocycles. The molecule has 0 aliphatic heterocycles. The van der Waals surface area contributed by atoms with Crippen LogP contribution in [0.5, 0.6) is 0 Å². The fourth-order valence-corrected chi connectivity index (χ4v) is 9.18. The summed E-state index contributed by atoms with van der Waals surface area (Å²) in [7, 11) is 3.52. The van der Waals surface area contributed by atoms with Gasteiger partial charge in [-0.2, -0.15) is 0 Å². The minimum atomic E-state index is 0.190. The van der Waals surface area contributed by atoms with E-state index >= 15 is 0 Å². The average molecular weight is 441 g/mol. The zero-order chi connectivity index (χ0) is 22.7. The summed E-state index contributed by atoms with van der Waals surface area (Å²) in [5.74, 6) is 2.94. The summed E-state index contributed by atoms with van der Waals surface area (Å²) in [5, 5.41) is 0. The maximum absolute atomic E-state index is 12.7. The van der Waals surface area contributed by atoms with E-state index in [9.17, 15) is 9.59 Å². The lowest BCUT2D eigenvalue weighted by Gasteiger charge is -2.54. The quantitative estimate of drug-likeness (QED) is 0.480. The third kappa shape index (κ3) is 3.08. The molecule has 5 aliphatic rings. The molecule has 5 aliphatic carbocycles. The molecule has 0 aromatic carbocycles. The van der Waals surface area contributed by atoms with Crippen molar-refractivity contribution in [3.8, 4) is 0 Å². The molecule has 8 unspecified atom stereocenters. The summed E-state index contributed by atoms with van der Waals surface area (Å²) >= 11 is 0. The standard InChI is InChI=1S/C28H40O4/c1-18(10-14-31-3)24(30)8-7-22-25(32-4)16-23-21-6-5-19-15-20(29)9-11-27(19)17-28(21,27)13-12-26(22,23)2/h9,11,19,21-23,25H,1,5-8,10,12-17H2,2-4H3. The number of rotatable bonds is 8. The van der Waals surface area contributed by atoms with Crippen molar-refractivity contribution in [3.63, 3.8) is 0 Å². The number of hydrogen-bond donors (Lipinski definition) is 0. The number of allylic oxidation sites excluding steroid dienone is 2. The topological polar surface area (TPSA) is 52.6 Å². The Morgan fingerprint density at radius 2 is 2.00 bits per heavy atom. The maximum atomic E-state index is 12.7. The molecule has 0 aromatic rings. The second-order valence-electron chi connectivity index (χ2n) is 11.8. The Bertz CT molecular complexity index is 844. The zero-order valence-electron chi connectivity index (χ0n) is 20.2. The molecule has 4 nitrogen and oxygen atoms in total. The van der Waals surface area contributed by atoms with E-state index in [2.05, 4.69) is 19.6 Å². The second-order valence-corrected chi connectivity index (χ2v) is 11.8. The van der Waals surface area contributed by atoms with Gasteiger partial charge in [-0.25, -0.2) is 0 Å². The van der Waals surface area contributed by atoms with Crippen LogP contribution in [-0.2, 0) is 19.1 Å². The smallest absolute Gasteiger partial charge is 0.158 e. The Hall–Kier alpha value is -1.26. The number of carbonyl (C=O) groups excluding carboxylic acids is 2. The van der Waals surface area contributed by atoms with Crippen molar-refractivity contribution in [2.75, 3.05) is 20.8 Å². The Balaban J connectivity index is 1.33. The maximum Gasteiger partial charge on any atom is 0.158 e. The van der Waals surface area contributed by atoms with Crippen molar-refractivity contribution < 1.29 is 19.1 Å². The first-order valence-electron chi connectivity index (χ1n) is 12.8. The SMILES string of the molecule is C=C(CCOC)C(=O)CCC1C(OC)CC2C3CCC4CC(=O)C=CC45CC35CCC12C. The van der Waals surface area contributed by atoms with Crippen LogP contribution in [-0.4, -0.2) is 38.5 Å². The third-order valence-electron chi connectivity index (χ3n) is 10.9. The number of carbonyl (C=O) groups is 2. The van der Waals surface area contributed by atoms with E-state index in [-0.39, 0.29) is 17.3 Å². The van der Waals surface area contributed by atoms with Gasteiger partial charge >= 0.3 is 0 Å². The lowest BCUT2D eigenvalue weighted by atomic mass is 9.50. The van der Waals surface area contributed by atoms with Crippen molar-refractivity contribution in [1.29, 1.82) is 0 Å². The first kappa shape index (κ1) is 22.5. The number of hydrogen-bond acceptors (Lipinski definition) is 4. The van der Waals surface area contributed by atoms with Crippen LogP contribution in [0.1, 0.15) is 71.1 Å². The molecule has 2 spiro atoms. The molecule has 4 saturated carbocycles. The lowest BCUT2D eigenvalue weighted by molar-refractivity contribution is -0.119. The number of fused-ring (bicyclic) bond motifs is 2. The van der Waals surface area contributed by atoms with Gasteiger partial charge in [0.1, 0.15) is 0 Å². The molecular weight excluding hydrogens is 400 g/mol. The molecule has 4 heteroatoms. The van der Waals surface area contributed by atoms with Gasteiger partial charge in [0.05, 0.1) is 12.7 Å². The molecule has 32 heavy (non-hydrogen) atoms. The van der Waals surface area contributed by atoms with Crippen molar-refractivity contribution in [2.45, 2.75) is 77.2 Å². The molecule has 0 bridgehead atoms. The minimum absolute atomic E-state index is 0.190. The van der Waals surface area contributed by atoms with E-state index in [1.807, 2.05) is 13.2 Å². The zero-order valence-corrected chi connectivity index (χ0v) is 20.2. The highest BCUT2D eigenvalue weighted by Gasteiger charge is 2.78. The fourth-order valence-electron chi connectivity index (χ4n) is 9.18. The van der Waals surface area contributed by atoms with Gasteiger partial charge in [-0.3, -0.25) is 9.59 Å². The Labute approximate surface area is 193 Å². The molecule has 176 valence electrons. The molecule has 8 atom stereocenters. The molecule has 5 rings (SSSR count). The normalized spacial score (nSPS) is 46.1. The largest absolute Gasteiger partial charge is 0.384 e. The second kappa shape index (κ2) is 7.91. The van der Waals surface area contributed by atoms with Gasteiger partial charge in [0.25, 0.3) is 0 Å². The lowest BCUT2D eigenvalue weighted by Crippen LogP contribution is -2.48. The molecule has 0 heterocycles. The summed E-state index contributed by atoms with van der Waals surface area (Å²) in [6, 6.07) is 0. The molecule has 0 aromatic heterocycles. The van der Waals surface area contributed by atoms with Crippen LogP contribution in [0, 0.1) is 39.9 Å². The Kier molecular flexibility index (Phi) is 5.57. The number of Topliss-reactive ketones (excluding diaryl/α,β-unsaturated/α-hetero) is 1. The summed E-state index contributed by atoms with van der Waals surface area (Å²) in [5.41, 5.74) is 1.67. The molecular formula is C28H40O4. The summed E-state index contributed by atoms with van der Waals surface area (Å²) in [4.78, 5) is 24.8. The van der Waals surface area contributed by atoms with Crippen LogP contribution in [0.25, 0.3) is 0 Å². The summed E-state index contributed by atoms with van der Waals surface area (Å²) in [6.45, 7) is 7.05. The summed E-state index contributed by atoms with van der Waals surface area (Å²) < 4.78 is 11.2. The van der Waals surface area contributed by atoms with Gasteiger partial charge in [-0.15, -0.1) is 0 Å². The van der Waals surface area contributed by atoms with Crippen molar-refractivity contribution in [3.05, 3.63) is 24.3 Å². The third-order valence-corrected chi connectivity index (χ3v) is 10.9. The molecule has 0 amide bonds. The van der Waals surface area contributed by atoms with E-state index in [1.165, 1.54) is 32.1 Å². The van der Waals surface area contributed by atoms with Gasteiger partial charge in [0, 0.05) is 27.1 Å². The Morgan fingerprint density at radius 3 is 2.75 bits per heavy atom. The predicted molar refractivity (Wildman–Crippen MR) is 124 cm³/mol. The van der Waals surface area contributed by atoms with Crippen LogP contribution in [0.4, 0.5) is 0 Å². The molecule has 4 fully saturated rings. The number of ether oxygens (including phenoxy) is 2. The van der Waals surface area contributed by atoms with Crippen LogP contribution in [0.2, 0.25) is 0 Å². The van der Waals surface area contributed by atoms with E-state index in [4.69, 9.17) is 9.47 Å². The highest BCUT2D eigenvalue weighted by molar-refractivity contribution is 5.94. The molecule has 0 N–H and O–H groups in total. The average Bonchev–Trinajstić information content (AvgIpc) is 3.36. The van der Waals surface area contributed by atoms with E-state index in [0.29, 0.717) is 59.4 Å². The number of ketones is 2. The summed E-state index contributed by atoms with van der Waals surface area (Å²) in [6.07, 6.45) is 14.8. The van der Waals surface area contributed by atoms with Crippen LogP contribution >= 0.6 is 0 Å². The first-order chi connectivity index (χ1) is 15.3. The van der Waals surface area contributed by atoms with Gasteiger partial charge < -0.3 is 9.47 Å². The van der Waals surface area contributed by atoms with Crippen LogP contribution in [0.3, 0.4) is 0 Å². The Morgan fingerprint density at radius 1 is 1.19 bits per heavy atom. The number of methoxy groups -OCH3 is 2. The highest BCUT2D eigenvalue weighted by atomic mass is 16.5. The van der Waals surface area contributed by atoms with E-state index < -0.39 is 0 Å². The van der Waals surface area contributed by atoms with E-state index in [1.54, 1.807) is 7.11 Å². The van der Waals surface area contributed by atoms with Gasteiger partial charge in [0.2, 0.25) is 0 Å². The van der Waals surface area contributed by atoms with Crippen LogP contribution in [0.15, 0.2) is 24.3 Å². The van der Waals surface area contributed by atoms with Gasteiger partial charge in [-0.05, 0) is 103 Å². The van der Waals surface area contributed by atoms with Crippen LogP contribution < -0.4 is 0 Å². The highest BCUT2D eigenvalue weighted by Crippen LogP contribution is 2.84. The van der Waals surface area contributed by atoms with Crippen molar-refractivity contribution in [1.82, 2.24) is 0 Å². The predicted octanol–water partition coefficient (Wildman–Crippen LogP) is 5.31. The fraction of sp³-hybridized carbons (Fsp3) is 0.786. The monoisotopic (exact) mass is 440 g/mol. The molecule has 0 radical (unpaired) electrons. The van der Waals surface area contributed by atoms with E-state index in [0.717, 1.165) is 25.2 Å². The first-order valence-corrected chi connectivity index (χ1v) is 12.8. The van der Waals surface area contributed by atoms with Crippen molar-refractivity contribution in [2.24, 2.45) is 39.9 Å².